The Kier molecular flexibility index (Phi) is 2.68. The lowest BCUT2D eigenvalue weighted by molar-refractivity contribution is 0.102. The quantitative estimate of drug-likeness (QED) is 0.702. The topological polar surface area (TPSA) is 108 Å². The highest BCUT2D eigenvalue weighted by atomic mass is 32.3. The van der Waals surface area contributed by atoms with Gasteiger partial charge >= 0.3 is 10.2 Å². The van der Waals surface area contributed by atoms with Crippen molar-refractivity contribution in [1.29, 1.82) is 0 Å². The van der Waals surface area contributed by atoms with E-state index in [1.54, 1.807) is 0 Å². The van der Waals surface area contributed by atoms with Crippen LogP contribution in [0.5, 0.6) is 0 Å². The van der Waals surface area contributed by atoms with Gasteiger partial charge in [0.2, 0.25) is 0 Å². The number of rotatable bonds is 3. The summed E-state index contributed by atoms with van der Waals surface area (Å²) in [6.45, 7) is 0. The molecule has 2 rings (SSSR count). The fraction of sp³-hybridized carbons (Fsp3) is 0. The van der Waals surface area contributed by atoms with Gasteiger partial charge in [-0.25, -0.2) is 0 Å². The van der Waals surface area contributed by atoms with Crippen molar-refractivity contribution in [3.05, 3.63) is 30.4 Å². The highest BCUT2D eigenvalue weighted by molar-refractivity contribution is 7.86. The molecule has 3 N–H and O–H groups in total. The second-order valence-electron chi connectivity index (χ2n) is 3.13. The monoisotopic (exact) mass is 258 g/mol. The van der Waals surface area contributed by atoms with E-state index in [1.807, 2.05) is 0 Å². The van der Waals surface area contributed by atoms with Crippen molar-refractivity contribution in [3.63, 3.8) is 0 Å². The Labute approximate surface area is 95.3 Å². The molecule has 2 heterocycles. The van der Waals surface area contributed by atoms with Crippen LogP contribution in [0.25, 0.3) is 0 Å². The van der Waals surface area contributed by atoms with E-state index in [2.05, 4.69) is 20.5 Å². The van der Waals surface area contributed by atoms with Crippen molar-refractivity contribution in [3.8, 4) is 0 Å². The van der Waals surface area contributed by atoms with Crippen LogP contribution in [-0.2, 0) is 10.2 Å². The first kappa shape index (κ1) is 11.3. The van der Waals surface area contributed by atoms with Gasteiger partial charge in [0.25, 0.3) is 5.91 Å². The molecule has 9 heteroatoms. The van der Waals surface area contributed by atoms with E-state index in [0.717, 1.165) is 12.3 Å². The molecule has 0 saturated carbocycles. The molecule has 0 atom stereocenters. The summed E-state index contributed by atoms with van der Waals surface area (Å²) >= 11 is 0. The average Bonchev–Trinajstić information content (AvgIpc) is 2.85. The largest absolute Gasteiger partial charge is 0.356 e. The average molecular weight is 258 g/mol. The molecule has 0 spiro atoms. The van der Waals surface area contributed by atoms with Crippen LogP contribution in [-0.4, -0.2) is 29.5 Å². The highest BCUT2D eigenvalue weighted by Gasteiger charge is 2.17. The minimum absolute atomic E-state index is 0.0672. The molecule has 0 aromatic carbocycles. The summed E-state index contributed by atoms with van der Waals surface area (Å²) in [4.78, 5) is 13.3. The number of H-pyrrole nitrogens is 2. The zero-order chi connectivity index (χ0) is 12.5. The van der Waals surface area contributed by atoms with E-state index in [4.69, 9.17) is 0 Å². The second kappa shape index (κ2) is 4.01. The van der Waals surface area contributed by atoms with E-state index in [0.29, 0.717) is 5.69 Å². The standard InChI is InChI=1S/C8H7FN4O3S/c9-17(15,16)6-1-7(10-4-6)8(14)13-5-2-11-12-3-5/h1-4,10H,(H,11,12)(H,13,14). The van der Waals surface area contributed by atoms with E-state index < -0.39 is 21.0 Å². The molecule has 17 heavy (non-hydrogen) atoms. The minimum atomic E-state index is -4.81. The van der Waals surface area contributed by atoms with Gasteiger partial charge in [-0.2, -0.15) is 13.5 Å². The molecule has 0 aliphatic rings. The number of nitrogens with zero attached hydrogens (tertiary/aromatic N) is 1. The Morgan fingerprint density at radius 1 is 1.41 bits per heavy atom. The summed E-state index contributed by atoms with van der Waals surface area (Å²) in [5, 5.41) is 8.51. The van der Waals surface area contributed by atoms with Crippen LogP contribution < -0.4 is 5.32 Å². The van der Waals surface area contributed by atoms with E-state index in [-0.39, 0.29) is 5.69 Å². The molecule has 2 aromatic rings. The minimum Gasteiger partial charge on any atom is -0.356 e. The van der Waals surface area contributed by atoms with E-state index in [1.165, 1.54) is 12.4 Å². The predicted octanol–water partition coefficient (Wildman–Crippen LogP) is 0.648. The molecule has 2 aromatic heterocycles. The Morgan fingerprint density at radius 2 is 2.18 bits per heavy atom. The predicted molar refractivity (Wildman–Crippen MR) is 55.6 cm³/mol. The number of carbonyl (C=O) groups is 1. The first-order valence-corrected chi connectivity index (χ1v) is 5.78. The number of hydrogen-bond donors (Lipinski definition) is 3. The maximum absolute atomic E-state index is 12.6. The Morgan fingerprint density at radius 3 is 2.71 bits per heavy atom. The molecular formula is C8H7FN4O3S. The van der Waals surface area contributed by atoms with Gasteiger partial charge in [-0.05, 0) is 6.07 Å². The SMILES string of the molecule is O=C(Nc1cn[nH]c1)c1cc(S(=O)(=O)F)c[nH]1. The number of aromatic amines is 2. The van der Waals surface area contributed by atoms with E-state index in [9.17, 15) is 17.1 Å². The Hall–Kier alpha value is -2.16. The number of hydrogen-bond acceptors (Lipinski definition) is 4. The molecule has 7 nitrogen and oxygen atoms in total. The summed E-state index contributed by atoms with van der Waals surface area (Å²) in [5.74, 6) is -0.596. The number of nitrogens with one attached hydrogen (secondary N) is 3. The van der Waals surface area contributed by atoms with Crippen molar-refractivity contribution < 1.29 is 17.1 Å². The number of anilines is 1. The molecule has 0 radical (unpaired) electrons. The lowest BCUT2D eigenvalue weighted by Gasteiger charge is -1.98. The lowest BCUT2D eigenvalue weighted by Crippen LogP contribution is -2.11. The van der Waals surface area contributed by atoms with Gasteiger partial charge in [-0.3, -0.25) is 9.89 Å². The van der Waals surface area contributed by atoms with Crippen molar-refractivity contribution in [2.75, 3.05) is 5.32 Å². The van der Waals surface area contributed by atoms with Gasteiger partial charge in [0.05, 0.1) is 11.9 Å². The lowest BCUT2D eigenvalue weighted by atomic mass is 10.4. The van der Waals surface area contributed by atoms with Gasteiger partial charge in [-0.15, -0.1) is 3.89 Å². The first-order valence-electron chi connectivity index (χ1n) is 4.40. The smallest absolute Gasteiger partial charge is 0.333 e. The van der Waals surface area contributed by atoms with Crippen LogP contribution >= 0.6 is 0 Å². The van der Waals surface area contributed by atoms with Gasteiger partial charge in [-0.1, -0.05) is 0 Å². The summed E-state index contributed by atoms with van der Waals surface area (Å²) in [7, 11) is -4.81. The number of carbonyl (C=O) groups excluding carboxylic acids is 1. The van der Waals surface area contributed by atoms with Crippen LogP contribution in [0, 0.1) is 0 Å². The van der Waals surface area contributed by atoms with Crippen molar-refractivity contribution in [2.45, 2.75) is 4.90 Å². The maximum Gasteiger partial charge on any atom is 0.333 e. The number of aromatic nitrogens is 3. The van der Waals surface area contributed by atoms with E-state index >= 15 is 0 Å². The molecule has 0 aliphatic carbocycles. The van der Waals surface area contributed by atoms with Gasteiger partial charge < -0.3 is 10.3 Å². The summed E-state index contributed by atoms with van der Waals surface area (Å²) in [5.41, 5.74) is 0.344. The molecule has 0 aliphatic heterocycles. The third-order valence-corrected chi connectivity index (χ3v) is 2.74. The zero-order valence-electron chi connectivity index (χ0n) is 8.27. The second-order valence-corrected chi connectivity index (χ2v) is 4.48. The van der Waals surface area contributed by atoms with Gasteiger partial charge in [0.1, 0.15) is 10.6 Å². The zero-order valence-corrected chi connectivity index (χ0v) is 9.08. The molecule has 0 bridgehead atoms. The molecule has 1 amide bonds. The van der Waals surface area contributed by atoms with Crippen molar-refractivity contribution in [2.24, 2.45) is 0 Å². The number of amides is 1. The van der Waals surface area contributed by atoms with Crippen LogP contribution in [0.3, 0.4) is 0 Å². The fourth-order valence-corrected chi connectivity index (χ4v) is 1.62. The summed E-state index contributed by atoms with van der Waals surface area (Å²) in [6.07, 6.45) is 3.71. The Balaban J connectivity index is 2.18. The van der Waals surface area contributed by atoms with Crippen LogP contribution in [0.15, 0.2) is 29.6 Å². The van der Waals surface area contributed by atoms with Crippen LogP contribution in [0.2, 0.25) is 0 Å². The first-order chi connectivity index (χ1) is 7.97. The molecule has 90 valence electrons. The third kappa shape index (κ3) is 2.50. The van der Waals surface area contributed by atoms with Crippen LogP contribution in [0.1, 0.15) is 10.5 Å². The highest BCUT2D eigenvalue weighted by Crippen LogP contribution is 2.14. The van der Waals surface area contributed by atoms with Gasteiger partial charge in [0.15, 0.2) is 0 Å². The molecule has 0 saturated heterocycles. The molecule has 0 unspecified atom stereocenters. The van der Waals surface area contributed by atoms with Crippen molar-refractivity contribution >= 4 is 21.8 Å². The molecule has 0 fully saturated rings. The maximum atomic E-state index is 12.6. The fourth-order valence-electron chi connectivity index (χ4n) is 1.16. The normalized spacial score (nSPS) is 11.4. The van der Waals surface area contributed by atoms with Crippen molar-refractivity contribution in [1.82, 2.24) is 15.2 Å². The van der Waals surface area contributed by atoms with Gasteiger partial charge in [0, 0.05) is 12.4 Å². The summed E-state index contributed by atoms with van der Waals surface area (Å²) < 4.78 is 33.7. The third-order valence-electron chi connectivity index (χ3n) is 1.94. The van der Waals surface area contributed by atoms with Crippen LogP contribution in [0.4, 0.5) is 9.57 Å². The number of halogens is 1. The summed E-state index contributed by atoms with van der Waals surface area (Å²) in [6, 6.07) is 0.907. The Bertz CT molecular complexity index is 632. The molecular weight excluding hydrogens is 251 g/mol.